The summed E-state index contributed by atoms with van der Waals surface area (Å²) in [5, 5.41) is 0.325. The number of anilines is 2. The van der Waals surface area contributed by atoms with Gasteiger partial charge < -0.3 is 9.80 Å². The van der Waals surface area contributed by atoms with Crippen molar-refractivity contribution in [2.24, 2.45) is 0 Å². The van der Waals surface area contributed by atoms with E-state index >= 15 is 0 Å². The highest BCUT2D eigenvalue weighted by atomic mass is 35.5. The van der Waals surface area contributed by atoms with Gasteiger partial charge in [-0.05, 0) is 18.9 Å². The number of hydrogen-bond donors (Lipinski definition) is 0. The summed E-state index contributed by atoms with van der Waals surface area (Å²) in [4.78, 5) is 12.9. The second-order valence-electron chi connectivity index (χ2n) is 4.27. The second kappa shape index (κ2) is 4.87. The number of rotatable bonds is 2. The van der Waals surface area contributed by atoms with Crippen molar-refractivity contribution in [3.63, 3.8) is 0 Å². The lowest BCUT2D eigenvalue weighted by atomic mass is 10.1. The largest absolute Gasteiger partial charge is 0.356 e. The topological polar surface area (TPSA) is 32.3 Å². The van der Waals surface area contributed by atoms with E-state index in [2.05, 4.69) is 14.9 Å². The zero-order chi connectivity index (χ0) is 11.5. The number of nitrogens with zero attached hydrogens (tertiary/aromatic N) is 4. The first kappa shape index (κ1) is 11.5. The van der Waals surface area contributed by atoms with Gasteiger partial charge in [-0.25, -0.2) is 4.98 Å². The molecule has 0 spiro atoms. The van der Waals surface area contributed by atoms with E-state index in [1.54, 1.807) is 0 Å². The van der Waals surface area contributed by atoms with E-state index in [1.165, 1.54) is 0 Å². The summed E-state index contributed by atoms with van der Waals surface area (Å²) in [5.74, 6) is 1.76. The van der Waals surface area contributed by atoms with Gasteiger partial charge in [0, 0.05) is 38.8 Å². The average molecular weight is 241 g/mol. The Labute approximate surface area is 101 Å². The summed E-state index contributed by atoms with van der Waals surface area (Å²) in [5.41, 5.74) is 0. The van der Waals surface area contributed by atoms with Gasteiger partial charge in [0.25, 0.3) is 0 Å². The standard InChI is InChI=1S/C11H17ClN4/c1-15(2)11-13-6-3-10(14-11)16-7-4-9(12)5-8-16/h3,6,9H,4-5,7-8H2,1-2H3. The van der Waals surface area contributed by atoms with Crippen LogP contribution in [0.4, 0.5) is 11.8 Å². The maximum Gasteiger partial charge on any atom is 0.226 e. The number of hydrogen-bond acceptors (Lipinski definition) is 4. The maximum absolute atomic E-state index is 6.08. The Morgan fingerprint density at radius 3 is 2.69 bits per heavy atom. The van der Waals surface area contributed by atoms with E-state index in [4.69, 9.17) is 11.6 Å². The molecule has 5 heteroatoms. The highest BCUT2D eigenvalue weighted by Gasteiger charge is 2.18. The van der Waals surface area contributed by atoms with Gasteiger partial charge in [0.05, 0.1) is 0 Å². The Kier molecular flexibility index (Phi) is 3.49. The van der Waals surface area contributed by atoms with Crippen LogP contribution >= 0.6 is 11.6 Å². The molecular weight excluding hydrogens is 224 g/mol. The fraction of sp³-hybridized carbons (Fsp3) is 0.636. The second-order valence-corrected chi connectivity index (χ2v) is 4.89. The molecule has 0 unspecified atom stereocenters. The molecule has 2 heterocycles. The molecule has 0 saturated carbocycles. The first-order valence-electron chi connectivity index (χ1n) is 5.56. The van der Waals surface area contributed by atoms with Crippen LogP contribution in [-0.4, -0.2) is 42.5 Å². The summed E-state index contributed by atoms with van der Waals surface area (Å²) >= 11 is 6.08. The zero-order valence-corrected chi connectivity index (χ0v) is 10.5. The van der Waals surface area contributed by atoms with Crippen LogP contribution in [-0.2, 0) is 0 Å². The first-order chi connectivity index (χ1) is 7.66. The smallest absolute Gasteiger partial charge is 0.226 e. The Hall–Kier alpha value is -1.03. The molecule has 1 saturated heterocycles. The minimum atomic E-state index is 0.325. The summed E-state index contributed by atoms with van der Waals surface area (Å²) in [6.45, 7) is 1.97. The number of alkyl halides is 1. The van der Waals surface area contributed by atoms with Gasteiger partial charge in [-0.2, -0.15) is 4.98 Å². The first-order valence-corrected chi connectivity index (χ1v) is 6.00. The molecule has 0 N–H and O–H groups in total. The van der Waals surface area contributed by atoms with Crippen LogP contribution in [0.25, 0.3) is 0 Å². The Morgan fingerprint density at radius 1 is 1.38 bits per heavy atom. The third kappa shape index (κ3) is 2.55. The summed E-state index contributed by atoms with van der Waals surface area (Å²) < 4.78 is 0. The molecule has 16 heavy (non-hydrogen) atoms. The molecule has 88 valence electrons. The number of halogens is 1. The van der Waals surface area contributed by atoms with E-state index in [9.17, 15) is 0 Å². The van der Waals surface area contributed by atoms with Crippen molar-refractivity contribution in [1.82, 2.24) is 9.97 Å². The van der Waals surface area contributed by atoms with E-state index in [1.807, 2.05) is 31.3 Å². The predicted molar refractivity (Wildman–Crippen MR) is 67.4 cm³/mol. The summed E-state index contributed by atoms with van der Waals surface area (Å²) in [6, 6.07) is 1.96. The molecule has 1 aromatic heterocycles. The average Bonchev–Trinajstić information content (AvgIpc) is 2.30. The van der Waals surface area contributed by atoms with Gasteiger partial charge >= 0.3 is 0 Å². The molecule has 0 amide bonds. The van der Waals surface area contributed by atoms with Crippen molar-refractivity contribution in [3.8, 4) is 0 Å². The van der Waals surface area contributed by atoms with Gasteiger partial charge in [0.1, 0.15) is 5.82 Å². The Balaban J connectivity index is 2.11. The van der Waals surface area contributed by atoms with Crippen LogP contribution < -0.4 is 9.80 Å². The van der Waals surface area contributed by atoms with Crippen LogP contribution in [0.15, 0.2) is 12.3 Å². The van der Waals surface area contributed by atoms with E-state index < -0.39 is 0 Å². The molecule has 0 atom stereocenters. The van der Waals surface area contributed by atoms with Crippen LogP contribution in [0.1, 0.15) is 12.8 Å². The van der Waals surface area contributed by atoms with E-state index in [0.29, 0.717) is 5.38 Å². The summed E-state index contributed by atoms with van der Waals surface area (Å²) in [7, 11) is 3.90. The fourth-order valence-electron chi connectivity index (χ4n) is 1.81. The molecule has 2 rings (SSSR count). The number of piperidine rings is 1. The number of aromatic nitrogens is 2. The Morgan fingerprint density at radius 2 is 2.06 bits per heavy atom. The van der Waals surface area contributed by atoms with Crippen LogP contribution in [0.5, 0.6) is 0 Å². The minimum Gasteiger partial charge on any atom is -0.356 e. The molecule has 1 aliphatic heterocycles. The van der Waals surface area contributed by atoms with Crippen LogP contribution in [0.2, 0.25) is 0 Å². The van der Waals surface area contributed by atoms with Crippen molar-refractivity contribution in [3.05, 3.63) is 12.3 Å². The van der Waals surface area contributed by atoms with Gasteiger partial charge in [-0.3, -0.25) is 0 Å². The van der Waals surface area contributed by atoms with Crippen molar-refractivity contribution in [2.75, 3.05) is 37.0 Å². The fourth-order valence-corrected chi connectivity index (χ4v) is 2.00. The van der Waals surface area contributed by atoms with Crippen molar-refractivity contribution in [2.45, 2.75) is 18.2 Å². The van der Waals surface area contributed by atoms with Gasteiger partial charge in [-0.1, -0.05) is 0 Å². The van der Waals surface area contributed by atoms with Gasteiger partial charge in [-0.15, -0.1) is 11.6 Å². The molecular formula is C11H17ClN4. The monoisotopic (exact) mass is 240 g/mol. The van der Waals surface area contributed by atoms with Crippen molar-refractivity contribution < 1.29 is 0 Å². The highest BCUT2D eigenvalue weighted by molar-refractivity contribution is 6.20. The van der Waals surface area contributed by atoms with E-state index in [0.717, 1.165) is 37.7 Å². The molecule has 0 aliphatic carbocycles. The minimum absolute atomic E-state index is 0.325. The third-order valence-corrected chi connectivity index (χ3v) is 3.21. The normalized spacial score (nSPS) is 17.6. The van der Waals surface area contributed by atoms with Crippen molar-refractivity contribution >= 4 is 23.4 Å². The zero-order valence-electron chi connectivity index (χ0n) is 9.73. The molecule has 0 radical (unpaired) electrons. The quantitative estimate of drug-likeness (QED) is 0.738. The SMILES string of the molecule is CN(C)c1nccc(N2CCC(Cl)CC2)n1. The lowest BCUT2D eigenvalue weighted by Crippen LogP contribution is -2.34. The van der Waals surface area contributed by atoms with Crippen LogP contribution in [0, 0.1) is 0 Å². The Bertz CT molecular complexity index is 348. The van der Waals surface area contributed by atoms with E-state index in [-0.39, 0.29) is 0 Å². The highest BCUT2D eigenvalue weighted by Crippen LogP contribution is 2.21. The lowest BCUT2D eigenvalue weighted by Gasteiger charge is -2.30. The van der Waals surface area contributed by atoms with Crippen molar-refractivity contribution in [1.29, 1.82) is 0 Å². The maximum atomic E-state index is 6.08. The van der Waals surface area contributed by atoms with Crippen LogP contribution in [0.3, 0.4) is 0 Å². The molecule has 0 aromatic carbocycles. The molecule has 1 aromatic rings. The molecule has 1 fully saturated rings. The van der Waals surface area contributed by atoms with Gasteiger partial charge in [0.2, 0.25) is 5.95 Å². The molecule has 4 nitrogen and oxygen atoms in total. The molecule has 0 bridgehead atoms. The lowest BCUT2D eigenvalue weighted by molar-refractivity contribution is 0.580. The molecule has 1 aliphatic rings. The van der Waals surface area contributed by atoms with Gasteiger partial charge in [0.15, 0.2) is 0 Å². The predicted octanol–water partition coefficient (Wildman–Crippen LogP) is 1.75. The third-order valence-electron chi connectivity index (χ3n) is 2.78. The summed E-state index contributed by atoms with van der Waals surface area (Å²) in [6.07, 6.45) is 3.87.